The summed E-state index contributed by atoms with van der Waals surface area (Å²) >= 11 is 0. The summed E-state index contributed by atoms with van der Waals surface area (Å²) in [6, 6.07) is 0.479. The zero-order chi connectivity index (χ0) is 8.60. The fourth-order valence-electron chi connectivity index (χ4n) is 1.36. The number of carbonyl (C=O) groups excluding carboxylic acids is 1. The smallest absolute Gasteiger partial charge is 0.315 e. The fourth-order valence-corrected chi connectivity index (χ4v) is 1.36. The van der Waals surface area contributed by atoms with E-state index in [1.54, 1.807) is 0 Å². The van der Waals surface area contributed by atoms with Gasteiger partial charge in [-0.15, -0.1) is 0 Å². The summed E-state index contributed by atoms with van der Waals surface area (Å²) in [6.45, 7) is 2.09. The lowest BCUT2D eigenvalue weighted by atomic mass is 9.93. The Morgan fingerprint density at radius 3 is 2.50 bits per heavy atom. The van der Waals surface area contributed by atoms with Crippen LogP contribution in [0.5, 0.6) is 0 Å². The summed E-state index contributed by atoms with van der Waals surface area (Å²) in [5, 5.41) is 5.94. The van der Waals surface area contributed by atoms with Crippen molar-refractivity contribution in [1.29, 1.82) is 0 Å². The van der Waals surface area contributed by atoms with E-state index >= 15 is 0 Å². The molecule has 0 bridgehead atoms. The van der Waals surface area contributed by atoms with Crippen molar-refractivity contribution in [3.8, 4) is 0 Å². The molecular weight excluding hydrogens is 152 g/mol. The highest BCUT2D eigenvalue weighted by molar-refractivity contribution is 5.75. The van der Waals surface area contributed by atoms with Crippen molar-refractivity contribution in [3.05, 3.63) is 0 Å². The van der Waals surface area contributed by atoms with Crippen molar-refractivity contribution in [2.24, 2.45) is 0 Å². The summed E-state index contributed by atoms with van der Waals surface area (Å²) in [5.41, 5.74) is 0.119. The first-order chi connectivity index (χ1) is 5.68. The largest absolute Gasteiger partial charge is 0.335 e. The Kier molecular flexibility index (Phi) is 1.74. The molecule has 0 atom stereocenters. The van der Waals surface area contributed by atoms with E-state index in [1.807, 2.05) is 0 Å². The summed E-state index contributed by atoms with van der Waals surface area (Å²) in [6.07, 6.45) is 5.84. The maximum atomic E-state index is 11.3. The molecule has 0 saturated heterocycles. The van der Waals surface area contributed by atoms with E-state index in [2.05, 4.69) is 17.6 Å². The Hall–Kier alpha value is -0.730. The molecule has 3 heteroatoms. The van der Waals surface area contributed by atoms with Crippen molar-refractivity contribution >= 4 is 6.03 Å². The van der Waals surface area contributed by atoms with E-state index in [1.165, 1.54) is 6.42 Å². The van der Waals surface area contributed by atoms with Gasteiger partial charge in [-0.25, -0.2) is 4.79 Å². The third-order valence-electron chi connectivity index (χ3n) is 2.86. The second-order valence-electron chi connectivity index (χ2n) is 4.29. The average Bonchev–Trinajstić information content (AvgIpc) is 2.59. The van der Waals surface area contributed by atoms with E-state index in [9.17, 15) is 4.79 Å². The highest BCUT2D eigenvalue weighted by atomic mass is 16.2. The van der Waals surface area contributed by atoms with Gasteiger partial charge >= 0.3 is 6.03 Å². The normalized spacial score (nSPS) is 25.8. The molecule has 0 aromatic heterocycles. The Morgan fingerprint density at radius 2 is 2.08 bits per heavy atom. The van der Waals surface area contributed by atoms with E-state index < -0.39 is 0 Å². The molecular formula is C9H16N2O. The summed E-state index contributed by atoms with van der Waals surface area (Å²) < 4.78 is 0. The van der Waals surface area contributed by atoms with Gasteiger partial charge in [-0.05, 0) is 39.0 Å². The standard InChI is InChI=1S/C9H16N2O/c1-9(5-6-9)11-8(12)10-7-3-2-4-7/h7H,2-6H2,1H3,(H2,10,11,12). The molecule has 2 aliphatic carbocycles. The first-order valence-electron chi connectivity index (χ1n) is 4.77. The zero-order valence-electron chi connectivity index (χ0n) is 7.52. The van der Waals surface area contributed by atoms with E-state index in [4.69, 9.17) is 0 Å². The molecule has 2 rings (SSSR count). The minimum atomic E-state index is 0.0275. The third kappa shape index (κ3) is 1.71. The van der Waals surface area contributed by atoms with Crippen LogP contribution in [0, 0.1) is 0 Å². The second-order valence-corrected chi connectivity index (χ2v) is 4.29. The van der Waals surface area contributed by atoms with Crippen LogP contribution in [0.4, 0.5) is 4.79 Å². The lowest BCUT2D eigenvalue weighted by Gasteiger charge is -2.27. The van der Waals surface area contributed by atoms with Gasteiger partial charge in [0.1, 0.15) is 0 Å². The Balaban J connectivity index is 1.69. The molecule has 0 aromatic rings. The molecule has 0 heterocycles. The van der Waals surface area contributed by atoms with Crippen LogP contribution in [0.25, 0.3) is 0 Å². The molecule has 3 nitrogen and oxygen atoms in total. The van der Waals surface area contributed by atoms with Crippen LogP contribution in [0.2, 0.25) is 0 Å². The monoisotopic (exact) mass is 168 g/mol. The van der Waals surface area contributed by atoms with Crippen LogP contribution >= 0.6 is 0 Å². The highest BCUT2D eigenvalue weighted by Crippen LogP contribution is 2.34. The van der Waals surface area contributed by atoms with Crippen LogP contribution in [0.1, 0.15) is 39.0 Å². The summed E-state index contributed by atoms with van der Waals surface area (Å²) in [4.78, 5) is 11.3. The molecule has 0 spiro atoms. The van der Waals surface area contributed by atoms with Gasteiger partial charge in [0.2, 0.25) is 0 Å². The van der Waals surface area contributed by atoms with Gasteiger partial charge in [-0.3, -0.25) is 0 Å². The second kappa shape index (κ2) is 2.64. The van der Waals surface area contributed by atoms with Gasteiger partial charge in [0.15, 0.2) is 0 Å². The number of carbonyl (C=O) groups is 1. The molecule has 68 valence electrons. The van der Waals surface area contributed by atoms with Crippen LogP contribution in [0.3, 0.4) is 0 Å². The highest BCUT2D eigenvalue weighted by Gasteiger charge is 2.39. The van der Waals surface area contributed by atoms with Crippen LogP contribution in [0.15, 0.2) is 0 Å². The van der Waals surface area contributed by atoms with E-state index in [-0.39, 0.29) is 11.6 Å². The minimum absolute atomic E-state index is 0.0275. The molecule has 2 saturated carbocycles. The molecule has 2 aliphatic rings. The number of urea groups is 1. The van der Waals surface area contributed by atoms with Crippen molar-refractivity contribution in [2.75, 3.05) is 0 Å². The summed E-state index contributed by atoms with van der Waals surface area (Å²) in [5.74, 6) is 0. The predicted octanol–water partition coefficient (Wildman–Crippen LogP) is 1.39. The predicted molar refractivity (Wildman–Crippen MR) is 46.9 cm³/mol. The van der Waals surface area contributed by atoms with Crippen molar-refractivity contribution in [3.63, 3.8) is 0 Å². The fraction of sp³-hybridized carbons (Fsp3) is 0.889. The lowest BCUT2D eigenvalue weighted by molar-refractivity contribution is 0.224. The number of nitrogens with one attached hydrogen (secondary N) is 2. The molecule has 0 aromatic carbocycles. The van der Waals surface area contributed by atoms with Gasteiger partial charge < -0.3 is 10.6 Å². The van der Waals surface area contributed by atoms with Crippen LogP contribution < -0.4 is 10.6 Å². The molecule has 12 heavy (non-hydrogen) atoms. The first kappa shape index (κ1) is 7.90. The SMILES string of the molecule is CC1(NC(=O)NC2CCC2)CC1. The minimum Gasteiger partial charge on any atom is -0.335 e. The van der Waals surface area contributed by atoms with E-state index in [0.717, 1.165) is 25.7 Å². The Bertz CT molecular complexity index is 195. The van der Waals surface area contributed by atoms with Gasteiger partial charge in [-0.1, -0.05) is 0 Å². The van der Waals surface area contributed by atoms with Crippen LogP contribution in [-0.4, -0.2) is 17.6 Å². The van der Waals surface area contributed by atoms with Crippen molar-refractivity contribution in [1.82, 2.24) is 10.6 Å². The molecule has 0 radical (unpaired) electrons. The van der Waals surface area contributed by atoms with E-state index in [0.29, 0.717) is 6.04 Å². The first-order valence-corrected chi connectivity index (χ1v) is 4.77. The van der Waals surface area contributed by atoms with Gasteiger partial charge in [0.05, 0.1) is 0 Å². The maximum Gasteiger partial charge on any atom is 0.315 e. The molecule has 0 aliphatic heterocycles. The van der Waals surface area contributed by atoms with Gasteiger partial charge in [-0.2, -0.15) is 0 Å². The van der Waals surface area contributed by atoms with Crippen LogP contribution in [-0.2, 0) is 0 Å². The molecule has 0 unspecified atom stereocenters. The number of hydrogen-bond donors (Lipinski definition) is 2. The number of amides is 2. The van der Waals surface area contributed by atoms with Crippen molar-refractivity contribution in [2.45, 2.75) is 50.6 Å². The molecule has 2 N–H and O–H groups in total. The van der Waals surface area contributed by atoms with Gasteiger partial charge in [0.25, 0.3) is 0 Å². The topological polar surface area (TPSA) is 41.1 Å². The van der Waals surface area contributed by atoms with Gasteiger partial charge in [0, 0.05) is 11.6 Å². The Labute approximate surface area is 72.9 Å². The molecule has 2 amide bonds. The zero-order valence-corrected chi connectivity index (χ0v) is 7.52. The quantitative estimate of drug-likeness (QED) is 0.642. The number of hydrogen-bond acceptors (Lipinski definition) is 1. The van der Waals surface area contributed by atoms with Crippen molar-refractivity contribution < 1.29 is 4.79 Å². The Morgan fingerprint density at radius 1 is 1.42 bits per heavy atom. The number of rotatable bonds is 2. The summed E-state index contributed by atoms with van der Waals surface area (Å²) in [7, 11) is 0. The lowest BCUT2D eigenvalue weighted by Crippen LogP contribution is -2.48. The maximum absolute atomic E-state index is 11.3. The average molecular weight is 168 g/mol. The third-order valence-corrected chi connectivity index (χ3v) is 2.86. The molecule has 2 fully saturated rings.